The number of hydrogen-bond donors (Lipinski definition) is 0. The summed E-state index contributed by atoms with van der Waals surface area (Å²) in [7, 11) is 0. The number of hydrogen-bond acceptors (Lipinski definition) is 5. The lowest BCUT2D eigenvalue weighted by Crippen LogP contribution is -2.42. The van der Waals surface area contributed by atoms with Crippen LogP contribution in [0.1, 0.15) is 69.9 Å². The van der Waals surface area contributed by atoms with Crippen molar-refractivity contribution in [3.8, 4) is 11.1 Å². The molecule has 1 atom stereocenters. The standard InChI is InChI=1S/C32H38FN3OS.C2H6/c1-5-34-31-29(26-10-8-11-27(33)19-26)21-38-32(31)23(3)37-28-15-17-35(18-16-28)24(4)36(20-25-13-14-25)30-12-7-6-9-22(30)2;1-2/h5-12,19,21,23,25,28H,4,13-18,20H2,1-3H3;1-2H3. The van der Waals surface area contributed by atoms with Gasteiger partial charge in [0.05, 0.1) is 22.8 Å². The Bertz CT molecular complexity index is 1290. The molecule has 1 unspecified atom stereocenters. The van der Waals surface area contributed by atoms with Crippen molar-refractivity contribution in [2.24, 2.45) is 10.9 Å². The van der Waals surface area contributed by atoms with Crippen LogP contribution in [0, 0.1) is 18.7 Å². The predicted octanol–water partition coefficient (Wildman–Crippen LogP) is 9.54. The smallest absolute Gasteiger partial charge is 0.123 e. The first-order valence-corrected chi connectivity index (χ1v) is 15.6. The molecule has 1 aromatic heterocycles. The summed E-state index contributed by atoms with van der Waals surface area (Å²) in [5, 5.41) is 2.07. The Morgan fingerprint density at radius 1 is 1.15 bits per heavy atom. The second-order valence-electron chi connectivity index (χ2n) is 10.5. The highest BCUT2D eigenvalue weighted by atomic mass is 32.1. The largest absolute Gasteiger partial charge is 0.370 e. The van der Waals surface area contributed by atoms with Gasteiger partial charge >= 0.3 is 0 Å². The zero-order chi connectivity index (χ0) is 28.6. The van der Waals surface area contributed by atoms with Crippen molar-refractivity contribution in [3.05, 3.63) is 82.6 Å². The molecule has 214 valence electrons. The number of rotatable bonds is 10. The van der Waals surface area contributed by atoms with Crippen LogP contribution in [0.2, 0.25) is 0 Å². The van der Waals surface area contributed by atoms with Crippen LogP contribution in [0.25, 0.3) is 11.1 Å². The third-order valence-electron chi connectivity index (χ3n) is 7.61. The molecular weight excluding hydrogens is 517 g/mol. The quantitative estimate of drug-likeness (QED) is 0.231. The van der Waals surface area contributed by atoms with E-state index in [1.165, 1.54) is 30.2 Å². The highest BCUT2D eigenvalue weighted by Crippen LogP contribution is 2.43. The van der Waals surface area contributed by atoms with Gasteiger partial charge in [-0.1, -0.05) is 50.8 Å². The van der Waals surface area contributed by atoms with Crippen LogP contribution in [-0.4, -0.2) is 36.9 Å². The summed E-state index contributed by atoms with van der Waals surface area (Å²) < 4.78 is 20.5. The second kappa shape index (κ2) is 14.1. The minimum atomic E-state index is -0.238. The molecule has 3 aromatic rings. The number of likely N-dealkylation sites (tertiary alicyclic amines) is 1. The highest BCUT2D eigenvalue weighted by Gasteiger charge is 2.30. The number of anilines is 1. The zero-order valence-electron chi connectivity index (χ0n) is 24.7. The first-order chi connectivity index (χ1) is 19.4. The fraction of sp³-hybridized carbons (Fsp3) is 0.441. The Labute approximate surface area is 244 Å². The number of benzene rings is 2. The molecule has 1 saturated heterocycles. The number of aliphatic imine (C=N–C) groups is 1. The summed E-state index contributed by atoms with van der Waals surface area (Å²) in [5.41, 5.74) is 5.25. The molecule has 1 aliphatic carbocycles. The average Bonchev–Trinajstić information content (AvgIpc) is 3.70. The molecule has 40 heavy (non-hydrogen) atoms. The lowest BCUT2D eigenvalue weighted by Gasteiger charge is -2.40. The fourth-order valence-electron chi connectivity index (χ4n) is 5.32. The van der Waals surface area contributed by atoms with Crippen LogP contribution in [0.15, 0.2) is 71.3 Å². The minimum Gasteiger partial charge on any atom is -0.370 e. The molecule has 2 heterocycles. The third kappa shape index (κ3) is 7.21. The minimum absolute atomic E-state index is 0.0842. The van der Waals surface area contributed by atoms with E-state index in [0.29, 0.717) is 0 Å². The van der Waals surface area contributed by atoms with Crippen molar-refractivity contribution in [1.29, 1.82) is 0 Å². The van der Waals surface area contributed by atoms with Gasteiger partial charge in [-0.2, -0.15) is 0 Å². The van der Waals surface area contributed by atoms with Crippen molar-refractivity contribution in [2.45, 2.75) is 72.5 Å². The summed E-state index contributed by atoms with van der Waals surface area (Å²) in [4.78, 5) is 10.6. The van der Waals surface area contributed by atoms with Gasteiger partial charge in [0, 0.05) is 42.5 Å². The van der Waals surface area contributed by atoms with Crippen LogP contribution in [0.5, 0.6) is 0 Å². The van der Waals surface area contributed by atoms with Crippen molar-refractivity contribution in [3.63, 3.8) is 0 Å². The molecule has 1 saturated carbocycles. The maximum atomic E-state index is 13.9. The van der Waals surface area contributed by atoms with Gasteiger partial charge in [0.2, 0.25) is 0 Å². The summed E-state index contributed by atoms with van der Waals surface area (Å²) in [6, 6.07) is 15.3. The van der Waals surface area contributed by atoms with Crippen LogP contribution in [-0.2, 0) is 4.74 Å². The topological polar surface area (TPSA) is 28.1 Å². The molecule has 2 aliphatic rings. The van der Waals surface area contributed by atoms with Gasteiger partial charge in [0.15, 0.2) is 0 Å². The Morgan fingerprint density at radius 3 is 2.52 bits per heavy atom. The van der Waals surface area contributed by atoms with Gasteiger partial charge in [-0.25, -0.2) is 4.39 Å². The van der Waals surface area contributed by atoms with E-state index in [0.717, 1.165) is 65.9 Å². The van der Waals surface area contributed by atoms with Crippen molar-refractivity contribution < 1.29 is 9.13 Å². The van der Waals surface area contributed by atoms with Crippen LogP contribution >= 0.6 is 11.3 Å². The zero-order valence-corrected chi connectivity index (χ0v) is 25.5. The Kier molecular flexibility index (Phi) is 10.6. The first kappa shape index (κ1) is 30.0. The van der Waals surface area contributed by atoms with E-state index < -0.39 is 0 Å². The molecule has 5 rings (SSSR count). The van der Waals surface area contributed by atoms with E-state index in [9.17, 15) is 4.39 Å². The van der Waals surface area contributed by atoms with Crippen LogP contribution in [0.3, 0.4) is 0 Å². The van der Waals surface area contributed by atoms with Gasteiger partial charge < -0.3 is 14.5 Å². The van der Waals surface area contributed by atoms with Crippen molar-refractivity contribution >= 4 is 28.9 Å². The van der Waals surface area contributed by atoms with E-state index in [2.05, 4.69) is 64.9 Å². The molecule has 0 radical (unpaired) electrons. The normalized spacial score (nSPS) is 16.5. The monoisotopic (exact) mass is 561 g/mol. The molecule has 2 fully saturated rings. The maximum Gasteiger partial charge on any atom is 0.123 e. The summed E-state index contributed by atoms with van der Waals surface area (Å²) >= 11 is 1.64. The summed E-state index contributed by atoms with van der Waals surface area (Å²) in [6.45, 7) is 17.7. The van der Waals surface area contributed by atoms with E-state index in [1.54, 1.807) is 29.7 Å². The van der Waals surface area contributed by atoms with Crippen LogP contribution in [0.4, 0.5) is 15.8 Å². The maximum absolute atomic E-state index is 13.9. The van der Waals surface area contributed by atoms with Crippen LogP contribution < -0.4 is 4.90 Å². The number of halogens is 1. The number of nitrogens with zero attached hydrogens (tertiary/aromatic N) is 3. The molecule has 2 aromatic carbocycles. The average molecular weight is 562 g/mol. The lowest BCUT2D eigenvalue weighted by atomic mass is 10.0. The summed E-state index contributed by atoms with van der Waals surface area (Å²) in [5.74, 6) is 1.64. The van der Waals surface area contributed by atoms with Crippen molar-refractivity contribution in [1.82, 2.24) is 4.90 Å². The van der Waals surface area contributed by atoms with E-state index in [-0.39, 0.29) is 18.0 Å². The van der Waals surface area contributed by atoms with Gasteiger partial charge in [-0.3, -0.25) is 4.99 Å². The van der Waals surface area contributed by atoms with Gasteiger partial charge in [-0.05, 0) is 81.7 Å². The summed E-state index contributed by atoms with van der Waals surface area (Å²) in [6.07, 6.45) is 6.45. The Morgan fingerprint density at radius 2 is 1.88 bits per heavy atom. The SMILES string of the molecule is C=C(N1CCC(OC(C)c2scc(-c3cccc(F)c3)c2N=CC)CC1)N(CC1CC1)c1ccccc1C.CC. The fourth-order valence-corrected chi connectivity index (χ4v) is 6.33. The Hall–Kier alpha value is -2.96. The number of piperidine rings is 1. The van der Waals surface area contributed by atoms with Gasteiger partial charge in [0.25, 0.3) is 0 Å². The lowest BCUT2D eigenvalue weighted by molar-refractivity contribution is -0.0304. The number of aryl methyl sites for hydroxylation is 1. The number of para-hydroxylation sites is 1. The van der Waals surface area contributed by atoms with E-state index in [4.69, 9.17) is 4.74 Å². The molecule has 0 bridgehead atoms. The molecule has 0 spiro atoms. The predicted molar refractivity (Wildman–Crippen MR) is 169 cm³/mol. The molecule has 0 amide bonds. The van der Waals surface area contributed by atoms with Gasteiger partial charge in [-0.15, -0.1) is 11.3 Å². The third-order valence-corrected chi connectivity index (χ3v) is 8.75. The number of ether oxygens (including phenoxy) is 1. The van der Waals surface area contributed by atoms with E-state index in [1.807, 2.05) is 26.8 Å². The highest BCUT2D eigenvalue weighted by molar-refractivity contribution is 7.11. The molecule has 1 aliphatic heterocycles. The molecule has 6 heteroatoms. The molecule has 0 N–H and O–H groups in total. The first-order valence-electron chi connectivity index (χ1n) is 14.7. The molecular formula is C34H44FN3OS. The van der Waals surface area contributed by atoms with Crippen molar-refractivity contribution in [2.75, 3.05) is 24.5 Å². The number of thiophene rings is 1. The van der Waals surface area contributed by atoms with E-state index >= 15 is 0 Å². The second-order valence-corrected chi connectivity index (χ2v) is 11.4. The molecule has 4 nitrogen and oxygen atoms in total. The Balaban J connectivity index is 0.00000181. The van der Waals surface area contributed by atoms with Gasteiger partial charge in [0.1, 0.15) is 11.6 Å².